The fraction of sp³-hybridized carbons (Fsp3) is 0. The fourth-order valence-electron chi connectivity index (χ4n) is 4.99. The molecule has 0 amide bonds. The molecule has 3 heterocycles. The van der Waals surface area contributed by atoms with Crippen LogP contribution >= 0.6 is 22.7 Å². The monoisotopic (exact) mass is 616 g/mol. The molecule has 3 aromatic heterocycles. The Kier molecular flexibility index (Phi) is 2.90. The van der Waals surface area contributed by atoms with Gasteiger partial charge in [0.25, 0.3) is 0 Å². The van der Waals surface area contributed by atoms with Crippen molar-refractivity contribution in [2.45, 2.75) is 0 Å². The molecule has 0 aliphatic carbocycles. The smallest absolute Gasteiger partial charge is 0.116 e. The van der Waals surface area contributed by atoms with E-state index in [9.17, 15) is 2.74 Å². The molecular formula is C40H24N2S2. The van der Waals surface area contributed by atoms with Crippen LogP contribution in [0.4, 0.5) is 0 Å². The van der Waals surface area contributed by atoms with Crippen LogP contribution in [0.25, 0.3) is 85.1 Å². The topological polar surface area (TPSA) is 25.8 Å². The van der Waals surface area contributed by atoms with Gasteiger partial charge in [-0.1, -0.05) is 109 Å². The quantitative estimate of drug-likeness (QED) is 0.197. The Bertz CT molecular complexity index is 3610. The second-order valence-corrected chi connectivity index (χ2v) is 11.5. The van der Waals surface area contributed by atoms with Crippen molar-refractivity contribution in [1.29, 1.82) is 0 Å². The Morgan fingerprint density at radius 2 is 1.16 bits per heavy atom. The zero-order valence-electron chi connectivity index (χ0n) is 42.0. The predicted octanol–water partition coefficient (Wildman–Crippen LogP) is 11.9. The van der Waals surface area contributed by atoms with Crippen molar-refractivity contribution in [1.82, 2.24) is 9.97 Å². The first-order valence-corrected chi connectivity index (χ1v) is 14.7. The number of benzene rings is 6. The molecule has 0 spiro atoms. The van der Waals surface area contributed by atoms with Crippen molar-refractivity contribution < 1.29 is 27.4 Å². The largest absolute Gasteiger partial charge is 0.235 e. The SMILES string of the molecule is [2H]c1c([2H])c([2H])c(-c2c([2H])c([2H])c([2H])c(-c3ccc4sc5c(-c6c([2H])c([2H])c([2H])c(-c7c([2H])c([2H])c([2H])c8c7sc7c([2H])c([2H])c([2H])c([2H])c78)c6[2H])ncnc5c4c3)c2[2H])c([2H])c1[2H]. The van der Waals surface area contributed by atoms with E-state index in [1.165, 1.54) is 6.07 Å². The molecule has 206 valence electrons. The summed E-state index contributed by atoms with van der Waals surface area (Å²) in [5, 5.41) is 0.262. The van der Waals surface area contributed by atoms with Gasteiger partial charge in [-0.3, -0.25) is 0 Å². The minimum absolute atomic E-state index is 0.0164. The van der Waals surface area contributed by atoms with Gasteiger partial charge >= 0.3 is 0 Å². The summed E-state index contributed by atoms with van der Waals surface area (Å²) >= 11 is 1.92. The maximum atomic E-state index is 9.55. The van der Waals surface area contributed by atoms with Gasteiger partial charge < -0.3 is 0 Å². The molecule has 9 aromatic rings. The molecule has 0 atom stereocenters. The lowest BCUT2D eigenvalue weighted by molar-refractivity contribution is 1.24. The molecular weight excluding hydrogens is 573 g/mol. The summed E-state index contributed by atoms with van der Waals surface area (Å²) in [6.45, 7) is 0. The molecule has 0 N–H and O–H groups in total. The van der Waals surface area contributed by atoms with E-state index >= 15 is 0 Å². The van der Waals surface area contributed by atoms with Gasteiger partial charge in [-0.25, -0.2) is 9.97 Å². The molecule has 9 rings (SSSR count). The second kappa shape index (κ2) is 10.2. The predicted molar refractivity (Wildman–Crippen MR) is 190 cm³/mol. The van der Waals surface area contributed by atoms with E-state index in [1.54, 1.807) is 12.1 Å². The number of thiophene rings is 2. The molecule has 2 nitrogen and oxygen atoms in total. The summed E-state index contributed by atoms with van der Waals surface area (Å²) in [5.74, 6) is 0. The van der Waals surface area contributed by atoms with E-state index in [2.05, 4.69) is 9.97 Å². The number of nitrogens with zero attached hydrogens (tertiary/aromatic N) is 2. The van der Waals surface area contributed by atoms with Crippen LogP contribution in [0.3, 0.4) is 0 Å². The highest BCUT2D eigenvalue weighted by molar-refractivity contribution is 7.26. The lowest BCUT2D eigenvalue weighted by Crippen LogP contribution is -1.87. The Labute approximate surface area is 290 Å². The Morgan fingerprint density at radius 3 is 2.07 bits per heavy atom. The van der Waals surface area contributed by atoms with Crippen LogP contribution < -0.4 is 0 Å². The third kappa shape index (κ3) is 4.15. The molecule has 0 saturated carbocycles. The molecule has 0 bridgehead atoms. The molecule has 6 aromatic carbocycles. The zero-order valence-corrected chi connectivity index (χ0v) is 23.7. The third-order valence-electron chi connectivity index (χ3n) is 6.96. The average molecular weight is 617 g/mol. The van der Waals surface area contributed by atoms with Crippen LogP contribution in [0.15, 0.2) is 145 Å². The molecule has 0 fully saturated rings. The van der Waals surface area contributed by atoms with E-state index in [1.807, 2.05) is 0 Å². The molecule has 0 unspecified atom stereocenters. The highest BCUT2D eigenvalue weighted by Crippen LogP contribution is 2.43. The maximum absolute atomic E-state index is 9.55. The Balaban J connectivity index is 1.29. The van der Waals surface area contributed by atoms with Crippen molar-refractivity contribution in [3.63, 3.8) is 0 Å². The van der Waals surface area contributed by atoms with Crippen LogP contribution in [0.2, 0.25) is 0 Å². The van der Waals surface area contributed by atoms with Crippen molar-refractivity contribution in [3.05, 3.63) is 145 Å². The number of hydrogen-bond donors (Lipinski definition) is 0. The normalized spacial score (nSPS) is 18.0. The summed E-state index contributed by atoms with van der Waals surface area (Å²) in [4.78, 5) is 8.91. The number of aromatic nitrogens is 2. The average Bonchev–Trinajstić information content (AvgIpc) is 3.86. The van der Waals surface area contributed by atoms with Gasteiger partial charge in [0.15, 0.2) is 0 Å². The summed E-state index contributed by atoms with van der Waals surface area (Å²) in [6.07, 6.45) is 1.14. The van der Waals surface area contributed by atoms with Crippen molar-refractivity contribution in [2.24, 2.45) is 0 Å². The van der Waals surface area contributed by atoms with Gasteiger partial charge in [0.05, 0.1) is 43.3 Å². The van der Waals surface area contributed by atoms with Gasteiger partial charge in [0, 0.05) is 35.8 Å². The zero-order chi connectivity index (χ0) is 46.4. The van der Waals surface area contributed by atoms with Crippen LogP contribution in [0.1, 0.15) is 27.4 Å². The number of rotatable bonds is 4. The first kappa shape index (κ1) is 12.4. The van der Waals surface area contributed by atoms with Crippen LogP contribution in [-0.2, 0) is 0 Å². The maximum Gasteiger partial charge on any atom is 0.116 e. The summed E-state index contributed by atoms with van der Waals surface area (Å²) in [7, 11) is 0. The van der Waals surface area contributed by atoms with Crippen LogP contribution in [0.5, 0.6) is 0 Å². The van der Waals surface area contributed by atoms with Crippen molar-refractivity contribution in [2.75, 3.05) is 0 Å². The highest BCUT2D eigenvalue weighted by atomic mass is 32.1. The first-order valence-electron chi connectivity index (χ1n) is 23.0. The number of fused-ring (bicyclic) bond motifs is 6. The Morgan fingerprint density at radius 1 is 0.477 bits per heavy atom. The molecule has 0 saturated heterocycles. The summed E-state index contributed by atoms with van der Waals surface area (Å²) in [6, 6.07) is -7.34. The molecule has 4 heteroatoms. The van der Waals surface area contributed by atoms with E-state index in [0.717, 1.165) is 29.0 Å². The number of hydrogen-bond acceptors (Lipinski definition) is 4. The van der Waals surface area contributed by atoms with Crippen molar-refractivity contribution in [3.8, 4) is 44.6 Å². The summed E-state index contributed by atoms with van der Waals surface area (Å²) < 4.78 is 174. The second-order valence-electron chi connectivity index (χ2n) is 9.47. The van der Waals surface area contributed by atoms with Gasteiger partial charge in [0.1, 0.15) is 6.33 Å². The van der Waals surface area contributed by atoms with E-state index < -0.39 is 132 Å². The Hall–Kier alpha value is -5.16. The first-order chi connectivity index (χ1) is 30.1. The lowest BCUT2D eigenvalue weighted by atomic mass is 9.98. The lowest BCUT2D eigenvalue weighted by Gasteiger charge is -2.08. The van der Waals surface area contributed by atoms with Crippen LogP contribution in [-0.4, -0.2) is 9.97 Å². The molecule has 0 aliphatic rings. The standard InChI is InChI=1S/C40H24N2S2/c1-2-9-25(10-3-1)26-11-6-12-27(21-26)28-19-20-36-34(23-28)38-40(44-36)37(41-24-42-38)30-14-7-13-29(22-30)31-16-8-17-33-32-15-4-5-18-35(32)43-39(31)33/h1-24H/i1D,2D,3D,4D,5D,6D,7D,8D,9D,10D,11D,12D,13D,14D,15D,16D,17D,18D,21D,22D. The van der Waals surface area contributed by atoms with E-state index in [0.29, 0.717) is 14.8 Å². The minimum atomic E-state index is -0.703. The van der Waals surface area contributed by atoms with Crippen LogP contribution in [0, 0.1) is 0 Å². The molecule has 0 aliphatic heterocycles. The third-order valence-corrected chi connectivity index (χ3v) is 9.25. The van der Waals surface area contributed by atoms with Gasteiger partial charge in [0.2, 0.25) is 0 Å². The highest BCUT2D eigenvalue weighted by Gasteiger charge is 2.16. The minimum Gasteiger partial charge on any atom is -0.235 e. The van der Waals surface area contributed by atoms with E-state index in [-0.39, 0.29) is 59.2 Å². The van der Waals surface area contributed by atoms with Gasteiger partial charge in [-0.15, -0.1) is 22.7 Å². The summed E-state index contributed by atoms with van der Waals surface area (Å²) in [5.41, 5.74) is -1.49. The van der Waals surface area contributed by atoms with Gasteiger partial charge in [-0.05, 0) is 63.6 Å². The van der Waals surface area contributed by atoms with Gasteiger partial charge in [-0.2, -0.15) is 0 Å². The fourth-order valence-corrected chi connectivity index (χ4v) is 7.19. The van der Waals surface area contributed by atoms with Crippen molar-refractivity contribution >= 4 is 63.1 Å². The molecule has 0 radical (unpaired) electrons. The van der Waals surface area contributed by atoms with E-state index in [4.69, 9.17) is 24.7 Å². The molecule has 44 heavy (non-hydrogen) atoms.